The molecule has 0 fully saturated rings. The third-order valence-electron chi connectivity index (χ3n) is 1.70. The van der Waals surface area contributed by atoms with Crippen molar-refractivity contribution in [3.8, 4) is 0 Å². The molecule has 1 rings (SSSR count). The summed E-state index contributed by atoms with van der Waals surface area (Å²) in [7, 11) is 0. The Morgan fingerprint density at radius 1 is 1.58 bits per heavy atom. The summed E-state index contributed by atoms with van der Waals surface area (Å²) in [6.45, 7) is 3.50. The number of rotatable bonds is 1. The monoisotopic (exact) mass is 230 g/mol. The summed E-state index contributed by atoms with van der Waals surface area (Å²) >= 11 is 3.03. The third kappa shape index (κ3) is 1.45. The van der Waals surface area contributed by atoms with Crippen LogP contribution in [0.25, 0.3) is 0 Å². The molecule has 0 spiro atoms. The molecule has 0 saturated heterocycles. The molecule has 0 radical (unpaired) electrons. The number of halogens is 1. The van der Waals surface area contributed by atoms with Crippen molar-refractivity contribution in [1.82, 2.24) is 4.98 Å². The second-order valence-electron chi connectivity index (χ2n) is 2.46. The van der Waals surface area contributed by atoms with E-state index >= 15 is 0 Å². The molecule has 0 atom stereocenters. The van der Waals surface area contributed by atoms with Crippen LogP contribution in [0.2, 0.25) is 0 Å². The molecule has 12 heavy (non-hydrogen) atoms. The van der Waals surface area contributed by atoms with E-state index in [0.29, 0.717) is 5.56 Å². The summed E-state index contributed by atoms with van der Waals surface area (Å²) < 4.78 is 0.288. The van der Waals surface area contributed by atoms with E-state index in [-0.39, 0.29) is 10.3 Å². The summed E-state index contributed by atoms with van der Waals surface area (Å²) in [5, 5.41) is 10.5. The summed E-state index contributed by atoms with van der Waals surface area (Å²) in [5.74, 6) is 0. The minimum Gasteiger partial charge on any atom is -0.258 e. The lowest BCUT2D eigenvalue weighted by Crippen LogP contribution is -1.96. The van der Waals surface area contributed by atoms with Gasteiger partial charge in [-0.3, -0.25) is 10.1 Å². The van der Waals surface area contributed by atoms with Gasteiger partial charge in [-0.05, 0) is 35.3 Å². The Bertz CT molecular complexity index is 338. The van der Waals surface area contributed by atoms with Crippen LogP contribution in [0.15, 0.2) is 10.8 Å². The standard InChI is InChI=1S/C7H7BrN2O2/c1-4-3-9-7(8)6(5(4)2)10(11)12/h3H,1-2H3. The van der Waals surface area contributed by atoms with Gasteiger partial charge in [0.05, 0.1) is 4.92 Å². The van der Waals surface area contributed by atoms with E-state index in [2.05, 4.69) is 20.9 Å². The maximum absolute atomic E-state index is 10.5. The molecule has 1 heterocycles. The molecule has 64 valence electrons. The van der Waals surface area contributed by atoms with Crippen LogP contribution >= 0.6 is 15.9 Å². The Balaban J connectivity index is 3.43. The van der Waals surface area contributed by atoms with E-state index < -0.39 is 4.92 Å². The summed E-state index contributed by atoms with van der Waals surface area (Å²) in [4.78, 5) is 13.9. The Kier molecular flexibility index (Phi) is 2.42. The first kappa shape index (κ1) is 9.12. The molecule has 0 aliphatic rings. The lowest BCUT2D eigenvalue weighted by atomic mass is 10.1. The van der Waals surface area contributed by atoms with Gasteiger partial charge in [0, 0.05) is 11.8 Å². The molecular formula is C7H7BrN2O2. The lowest BCUT2D eigenvalue weighted by Gasteiger charge is -2.01. The number of aryl methyl sites for hydroxylation is 1. The van der Waals surface area contributed by atoms with Crippen LogP contribution in [-0.2, 0) is 0 Å². The molecule has 0 aliphatic carbocycles. The Hall–Kier alpha value is -0.970. The molecule has 0 N–H and O–H groups in total. The van der Waals surface area contributed by atoms with Gasteiger partial charge in [-0.15, -0.1) is 0 Å². The zero-order valence-electron chi connectivity index (χ0n) is 6.67. The number of pyridine rings is 1. The molecule has 0 bridgehead atoms. The van der Waals surface area contributed by atoms with E-state index in [9.17, 15) is 10.1 Å². The van der Waals surface area contributed by atoms with E-state index in [4.69, 9.17) is 0 Å². The lowest BCUT2D eigenvalue weighted by molar-refractivity contribution is -0.386. The first-order chi connectivity index (χ1) is 5.54. The average molecular weight is 231 g/mol. The minimum atomic E-state index is -0.431. The average Bonchev–Trinajstić information content (AvgIpc) is 1.97. The van der Waals surface area contributed by atoms with Gasteiger partial charge in [0.25, 0.3) is 0 Å². The highest BCUT2D eigenvalue weighted by atomic mass is 79.9. The molecule has 1 aromatic heterocycles. The highest BCUT2D eigenvalue weighted by Gasteiger charge is 2.17. The van der Waals surface area contributed by atoms with E-state index in [1.165, 1.54) is 0 Å². The fourth-order valence-electron chi connectivity index (χ4n) is 0.865. The first-order valence-corrected chi connectivity index (χ1v) is 4.09. The zero-order chi connectivity index (χ0) is 9.30. The van der Waals surface area contributed by atoms with Gasteiger partial charge in [-0.25, -0.2) is 4.98 Å². The maximum Gasteiger partial charge on any atom is 0.305 e. The maximum atomic E-state index is 10.5. The molecule has 4 nitrogen and oxygen atoms in total. The van der Waals surface area contributed by atoms with Crippen LogP contribution in [0.5, 0.6) is 0 Å². The molecule has 1 aromatic rings. The molecule has 0 aromatic carbocycles. The van der Waals surface area contributed by atoms with Crippen LogP contribution < -0.4 is 0 Å². The van der Waals surface area contributed by atoms with Crippen LogP contribution in [-0.4, -0.2) is 9.91 Å². The molecular weight excluding hydrogens is 224 g/mol. The van der Waals surface area contributed by atoms with Gasteiger partial charge in [0.15, 0.2) is 4.60 Å². The number of hydrogen-bond donors (Lipinski definition) is 0. The van der Waals surface area contributed by atoms with Crippen molar-refractivity contribution < 1.29 is 4.92 Å². The van der Waals surface area contributed by atoms with E-state index in [0.717, 1.165) is 5.56 Å². The molecule has 0 saturated carbocycles. The highest BCUT2D eigenvalue weighted by molar-refractivity contribution is 9.10. The topological polar surface area (TPSA) is 56.0 Å². The van der Waals surface area contributed by atoms with Crippen LogP contribution in [0.4, 0.5) is 5.69 Å². The SMILES string of the molecule is Cc1cnc(Br)c([N+](=O)[O-])c1C. The quantitative estimate of drug-likeness (QED) is 0.423. The number of aromatic nitrogens is 1. The van der Waals surface area contributed by atoms with Crippen LogP contribution in [0.1, 0.15) is 11.1 Å². The number of nitrogens with zero attached hydrogens (tertiary/aromatic N) is 2. The smallest absolute Gasteiger partial charge is 0.258 e. The Labute approximate surface area is 77.9 Å². The zero-order valence-corrected chi connectivity index (χ0v) is 8.25. The summed E-state index contributed by atoms with van der Waals surface area (Å²) in [6.07, 6.45) is 1.60. The van der Waals surface area contributed by atoms with Gasteiger partial charge in [0.1, 0.15) is 0 Å². The fourth-order valence-corrected chi connectivity index (χ4v) is 1.41. The Morgan fingerprint density at radius 2 is 2.17 bits per heavy atom. The molecule has 0 aliphatic heterocycles. The molecule has 0 unspecified atom stereocenters. The van der Waals surface area contributed by atoms with Crippen molar-refractivity contribution in [2.24, 2.45) is 0 Å². The van der Waals surface area contributed by atoms with E-state index in [1.807, 2.05) is 0 Å². The van der Waals surface area contributed by atoms with Gasteiger partial charge < -0.3 is 0 Å². The van der Waals surface area contributed by atoms with Crippen molar-refractivity contribution in [2.45, 2.75) is 13.8 Å². The second kappa shape index (κ2) is 3.18. The van der Waals surface area contributed by atoms with Crippen molar-refractivity contribution in [3.63, 3.8) is 0 Å². The normalized spacial score (nSPS) is 9.92. The van der Waals surface area contributed by atoms with Crippen molar-refractivity contribution in [3.05, 3.63) is 32.0 Å². The van der Waals surface area contributed by atoms with Crippen molar-refractivity contribution in [2.75, 3.05) is 0 Å². The minimum absolute atomic E-state index is 0.0509. The van der Waals surface area contributed by atoms with Gasteiger partial charge in [0.2, 0.25) is 0 Å². The molecule has 5 heteroatoms. The summed E-state index contributed by atoms with van der Waals surface area (Å²) in [5.41, 5.74) is 1.53. The van der Waals surface area contributed by atoms with Gasteiger partial charge in [-0.2, -0.15) is 0 Å². The fraction of sp³-hybridized carbons (Fsp3) is 0.286. The molecule has 0 amide bonds. The number of nitro groups is 1. The highest BCUT2D eigenvalue weighted by Crippen LogP contribution is 2.27. The van der Waals surface area contributed by atoms with Gasteiger partial charge in [-0.1, -0.05) is 0 Å². The Morgan fingerprint density at radius 3 is 2.58 bits per heavy atom. The predicted octanol–water partition coefficient (Wildman–Crippen LogP) is 2.37. The van der Waals surface area contributed by atoms with Gasteiger partial charge >= 0.3 is 5.69 Å². The van der Waals surface area contributed by atoms with Crippen LogP contribution in [0.3, 0.4) is 0 Å². The second-order valence-corrected chi connectivity index (χ2v) is 3.21. The van der Waals surface area contributed by atoms with E-state index in [1.54, 1.807) is 20.0 Å². The largest absolute Gasteiger partial charge is 0.305 e. The third-order valence-corrected chi connectivity index (χ3v) is 2.28. The number of hydrogen-bond acceptors (Lipinski definition) is 3. The first-order valence-electron chi connectivity index (χ1n) is 3.30. The van der Waals surface area contributed by atoms with Crippen molar-refractivity contribution in [1.29, 1.82) is 0 Å². The van der Waals surface area contributed by atoms with Crippen molar-refractivity contribution >= 4 is 21.6 Å². The summed E-state index contributed by atoms with van der Waals surface area (Å²) in [6, 6.07) is 0. The van der Waals surface area contributed by atoms with Crippen LogP contribution in [0, 0.1) is 24.0 Å². The predicted molar refractivity (Wildman–Crippen MR) is 48.1 cm³/mol.